The lowest BCUT2D eigenvalue weighted by Gasteiger charge is -2.19. The maximum Gasteiger partial charge on any atom is 0.343 e. The Labute approximate surface area is 106 Å². The van der Waals surface area contributed by atoms with Crippen molar-refractivity contribution in [3.8, 4) is 0 Å². The third-order valence-corrected chi connectivity index (χ3v) is 5.17. The molecule has 0 bridgehead atoms. The highest BCUT2D eigenvalue weighted by Gasteiger charge is 2.32. The fourth-order valence-corrected chi connectivity index (χ4v) is 4.10. The second kappa shape index (κ2) is 5.95. The molecule has 0 radical (unpaired) electrons. The molecule has 0 spiro atoms. The first-order valence-corrected chi connectivity index (χ1v) is 8.56. The largest absolute Gasteiger partial charge is 0.343 e. The monoisotopic (exact) mass is 293 g/mol. The van der Waals surface area contributed by atoms with Crippen LogP contribution in [0.5, 0.6) is 0 Å². The molecule has 0 amide bonds. The number of hydrogen-bond donors (Lipinski definition) is 3. The number of rotatable bonds is 6. The van der Waals surface area contributed by atoms with E-state index < -0.39 is 23.4 Å². The van der Waals surface area contributed by atoms with Crippen molar-refractivity contribution in [1.29, 1.82) is 0 Å². The molecule has 1 rings (SSSR count). The van der Waals surface area contributed by atoms with E-state index in [1.54, 1.807) is 25.1 Å². The van der Waals surface area contributed by atoms with Gasteiger partial charge in [-0.3, -0.25) is 4.57 Å². The van der Waals surface area contributed by atoms with Gasteiger partial charge in [0.15, 0.2) is 0 Å². The summed E-state index contributed by atoms with van der Waals surface area (Å²) in [6, 6.07) is 7.48. The van der Waals surface area contributed by atoms with Crippen molar-refractivity contribution in [3.05, 3.63) is 30.3 Å². The van der Waals surface area contributed by atoms with Crippen molar-refractivity contribution in [3.63, 3.8) is 0 Å². The minimum absolute atomic E-state index is 0.0143. The Balaban J connectivity index is 2.98. The summed E-state index contributed by atoms with van der Waals surface area (Å²) in [5.74, 6) is -1.38. The van der Waals surface area contributed by atoms with E-state index in [9.17, 15) is 13.0 Å². The lowest BCUT2D eigenvalue weighted by Crippen LogP contribution is -2.34. The van der Waals surface area contributed by atoms with E-state index in [4.69, 9.17) is 9.79 Å². The van der Waals surface area contributed by atoms with Crippen LogP contribution in [0.3, 0.4) is 0 Å². The van der Waals surface area contributed by atoms with Crippen molar-refractivity contribution in [2.75, 3.05) is 0 Å². The van der Waals surface area contributed by atoms with Gasteiger partial charge < -0.3 is 9.79 Å². The van der Waals surface area contributed by atoms with Crippen LogP contribution in [0.1, 0.15) is 19.8 Å². The smallest absolute Gasteiger partial charge is 0.323 e. The fourth-order valence-electron chi connectivity index (χ4n) is 1.42. The van der Waals surface area contributed by atoms with Crippen molar-refractivity contribution in [2.24, 2.45) is 0 Å². The van der Waals surface area contributed by atoms with E-state index in [0.29, 0.717) is 6.42 Å². The molecule has 0 saturated carbocycles. The Hall–Kier alpha value is -0.720. The molecule has 0 aliphatic rings. The van der Waals surface area contributed by atoms with Gasteiger partial charge in [-0.1, -0.05) is 31.5 Å². The molecule has 0 fully saturated rings. The standard InChI is InChI=1S/C10H16NO5PS/c1-2-6-10(17(12,13)14)11-18(15,16)9-7-4-3-5-8-9/h3-5,7-8,10-11H,2,6H2,1H3,(H2,12,13,14). The average molecular weight is 293 g/mol. The number of benzene rings is 1. The normalized spacial score (nSPS) is 14.4. The van der Waals surface area contributed by atoms with Gasteiger partial charge in [0.05, 0.1) is 4.90 Å². The van der Waals surface area contributed by atoms with Crippen LogP contribution in [-0.2, 0) is 14.6 Å². The van der Waals surface area contributed by atoms with Gasteiger partial charge in [0.1, 0.15) is 5.78 Å². The lowest BCUT2D eigenvalue weighted by molar-refractivity contribution is 0.349. The van der Waals surface area contributed by atoms with Gasteiger partial charge in [-0.15, -0.1) is 0 Å². The van der Waals surface area contributed by atoms with Crippen LogP contribution < -0.4 is 4.72 Å². The predicted molar refractivity (Wildman–Crippen MR) is 67.5 cm³/mol. The third-order valence-electron chi connectivity index (χ3n) is 2.31. The van der Waals surface area contributed by atoms with Gasteiger partial charge in [-0.2, -0.15) is 4.72 Å². The van der Waals surface area contributed by atoms with E-state index in [0.717, 1.165) is 0 Å². The zero-order chi connectivity index (χ0) is 13.8. The second-order valence-electron chi connectivity index (χ2n) is 3.83. The minimum Gasteiger partial charge on any atom is -0.323 e. The van der Waals surface area contributed by atoms with E-state index in [1.807, 2.05) is 0 Å². The second-order valence-corrected chi connectivity index (χ2v) is 7.34. The first-order valence-electron chi connectivity index (χ1n) is 5.40. The molecule has 1 atom stereocenters. The van der Waals surface area contributed by atoms with Gasteiger partial charge in [0.25, 0.3) is 0 Å². The first kappa shape index (κ1) is 15.3. The van der Waals surface area contributed by atoms with Crippen molar-refractivity contribution < 1.29 is 22.8 Å². The molecule has 3 N–H and O–H groups in total. The van der Waals surface area contributed by atoms with Crippen LogP contribution in [0.2, 0.25) is 0 Å². The average Bonchev–Trinajstić information content (AvgIpc) is 2.28. The Bertz CT molecular complexity index is 524. The summed E-state index contributed by atoms with van der Waals surface area (Å²) in [5, 5.41) is 0. The molecule has 6 nitrogen and oxygen atoms in total. The highest BCUT2D eigenvalue weighted by molar-refractivity contribution is 7.89. The summed E-state index contributed by atoms with van der Waals surface area (Å²) in [6.45, 7) is 1.72. The summed E-state index contributed by atoms with van der Waals surface area (Å²) >= 11 is 0. The summed E-state index contributed by atoms with van der Waals surface area (Å²) in [6.07, 6.45) is 0.545. The summed E-state index contributed by atoms with van der Waals surface area (Å²) in [5.41, 5.74) is 0. The summed E-state index contributed by atoms with van der Waals surface area (Å²) < 4.78 is 37.1. The molecule has 0 saturated heterocycles. The van der Waals surface area contributed by atoms with Crippen molar-refractivity contribution in [2.45, 2.75) is 30.4 Å². The summed E-state index contributed by atoms with van der Waals surface area (Å²) in [4.78, 5) is 18.2. The lowest BCUT2D eigenvalue weighted by atomic mass is 10.3. The number of hydrogen-bond acceptors (Lipinski definition) is 3. The Kier molecular flexibility index (Phi) is 5.07. The zero-order valence-corrected chi connectivity index (χ0v) is 11.6. The highest BCUT2D eigenvalue weighted by atomic mass is 32.2. The van der Waals surface area contributed by atoms with Crippen LogP contribution in [0.15, 0.2) is 35.2 Å². The number of sulfonamides is 1. The Morgan fingerprint density at radius 1 is 1.28 bits per heavy atom. The van der Waals surface area contributed by atoms with Gasteiger partial charge in [-0.25, -0.2) is 8.42 Å². The molecule has 0 aliphatic heterocycles. The van der Waals surface area contributed by atoms with Crippen LogP contribution >= 0.6 is 7.60 Å². The minimum atomic E-state index is -4.50. The van der Waals surface area contributed by atoms with E-state index >= 15 is 0 Å². The van der Waals surface area contributed by atoms with E-state index in [1.165, 1.54) is 12.1 Å². The maximum atomic E-state index is 11.9. The molecule has 8 heteroatoms. The molecule has 0 aromatic heterocycles. The van der Waals surface area contributed by atoms with Gasteiger partial charge in [0, 0.05) is 0 Å². The number of nitrogens with one attached hydrogen (secondary N) is 1. The first-order chi connectivity index (χ1) is 8.27. The molecular weight excluding hydrogens is 277 g/mol. The maximum absolute atomic E-state index is 11.9. The molecule has 18 heavy (non-hydrogen) atoms. The van der Waals surface area contributed by atoms with Crippen LogP contribution in [0.4, 0.5) is 0 Å². The third kappa shape index (κ3) is 4.19. The van der Waals surface area contributed by atoms with Crippen molar-refractivity contribution in [1.82, 2.24) is 4.72 Å². The SMILES string of the molecule is CCCC(NS(=O)(=O)c1ccccc1)P(=O)(O)O. The highest BCUT2D eigenvalue weighted by Crippen LogP contribution is 2.42. The Morgan fingerprint density at radius 3 is 2.28 bits per heavy atom. The molecule has 1 aromatic carbocycles. The molecule has 102 valence electrons. The van der Waals surface area contributed by atoms with Crippen molar-refractivity contribution >= 4 is 17.6 Å². The van der Waals surface area contributed by atoms with Gasteiger partial charge >= 0.3 is 7.60 Å². The quantitative estimate of drug-likeness (QED) is 0.685. The molecule has 0 heterocycles. The Morgan fingerprint density at radius 2 is 1.83 bits per heavy atom. The van der Waals surface area contributed by atoms with Gasteiger partial charge in [0.2, 0.25) is 10.0 Å². The molecular formula is C10H16NO5PS. The predicted octanol–water partition coefficient (Wildman–Crippen LogP) is 1.27. The molecule has 1 unspecified atom stereocenters. The summed E-state index contributed by atoms with van der Waals surface area (Å²) in [7, 11) is -8.41. The zero-order valence-electron chi connectivity index (χ0n) is 9.85. The van der Waals surface area contributed by atoms with E-state index in [2.05, 4.69) is 4.72 Å². The van der Waals surface area contributed by atoms with Crippen LogP contribution in [-0.4, -0.2) is 24.0 Å². The van der Waals surface area contributed by atoms with Crippen LogP contribution in [0.25, 0.3) is 0 Å². The molecule has 1 aromatic rings. The fraction of sp³-hybridized carbons (Fsp3) is 0.400. The van der Waals surface area contributed by atoms with Gasteiger partial charge in [-0.05, 0) is 18.6 Å². The molecule has 0 aliphatic carbocycles. The van der Waals surface area contributed by atoms with Crippen LogP contribution in [0, 0.1) is 0 Å². The van der Waals surface area contributed by atoms with E-state index in [-0.39, 0.29) is 11.3 Å². The topological polar surface area (TPSA) is 104 Å².